The van der Waals surface area contributed by atoms with Crippen LogP contribution in [0.15, 0.2) is 59.6 Å². The SMILES string of the molecule is c1ccc(-c2ccc(NC3=NCCCCC3)cc2)cc1. The predicted molar refractivity (Wildman–Crippen MR) is 86.3 cm³/mol. The highest BCUT2D eigenvalue weighted by molar-refractivity contribution is 5.95. The molecule has 3 rings (SSSR count). The van der Waals surface area contributed by atoms with Crippen molar-refractivity contribution < 1.29 is 0 Å². The van der Waals surface area contributed by atoms with E-state index in [-0.39, 0.29) is 0 Å². The summed E-state index contributed by atoms with van der Waals surface area (Å²) in [6.45, 7) is 0.963. The van der Waals surface area contributed by atoms with E-state index in [9.17, 15) is 0 Å². The fourth-order valence-corrected chi connectivity index (χ4v) is 2.52. The van der Waals surface area contributed by atoms with Gasteiger partial charge in [0.2, 0.25) is 0 Å². The number of anilines is 1. The van der Waals surface area contributed by atoms with Gasteiger partial charge >= 0.3 is 0 Å². The van der Waals surface area contributed by atoms with E-state index in [0.717, 1.165) is 24.5 Å². The molecule has 20 heavy (non-hydrogen) atoms. The van der Waals surface area contributed by atoms with Crippen LogP contribution in [0.5, 0.6) is 0 Å². The quantitative estimate of drug-likeness (QED) is 0.832. The Morgan fingerprint density at radius 1 is 0.750 bits per heavy atom. The second-order valence-corrected chi connectivity index (χ2v) is 5.21. The molecule has 0 spiro atoms. The monoisotopic (exact) mass is 264 g/mol. The molecule has 0 saturated carbocycles. The molecule has 1 N–H and O–H groups in total. The summed E-state index contributed by atoms with van der Waals surface area (Å²) in [6, 6.07) is 19.1. The smallest absolute Gasteiger partial charge is 0.101 e. The van der Waals surface area contributed by atoms with Crippen molar-refractivity contribution in [3.63, 3.8) is 0 Å². The highest BCUT2D eigenvalue weighted by Crippen LogP contribution is 2.21. The van der Waals surface area contributed by atoms with Crippen LogP contribution in [0.1, 0.15) is 25.7 Å². The topological polar surface area (TPSA) is 24.4 Å². The zero-order chi connectivity index (χ0) is 13.6. The highest BCUT2D eigenvalue weighted by Gasteiger charge is 2.04. The molecule has 0 fully saturated rings. The predicted octanol–water partition coefficient (Wildman–Crippen LogP) is 4.74. The summed E-state index contributed by atoms with van der Waals surface area (Å²) in [5, 5.41) is 3.45. The first-order chi connectivity index (χ1) is 9.92. The van der Waals surface area contributed by atoms with Gasteiger partial charge in [-0.1, -0.05) is 48.9 Å². The molecule has 2 aromatic carbocycles. The largest absolute Gasteiger partial charge is 0.344 e. The number of hydrogen-bond acceptors (Lipinski definition) is 2. The third-order valence-electron chi connectivity index (χ3n) is 3.66. The van der Waals surface area contributed by atoms with Crippen molar-refractivity contribution in [2.45, 2.75) is 25.7 Å². The number of aliphatic imine (C=N–C) groups is 1. The van der Waals surface area contributed by atoms with Gasteiger partial charge in [-0.15, -0.1) is 0 Å². The highest BCUT2D eigenvalue weighted by atomic mass is 15.0. The van der Waals surface area contributed by atoms with Crippen molar-refractivity contribution in [1.29, 1.82) is 0 Å². The number of nitrogens with zero attached hydrogens (tertiary/aromatic N) is 1. The summed E-state index contributed by atoms with van der Waals surface area (Å²) < 4.78 is 0. The van der Waals surface area contributed by atoms with E-state index in [2.05, 4.69) is 58.8 Å². The second-order valence-electron chi connectivity index (χ2n) is 5.21. The molecule has 0 saturated heterocycles. The lowest BCUT2D eigenvalue weighted by Gasteiger charge is -2.09. The Kier molecular flexibility index (Phi) is 4.12. The Morgan fingerprint density at radius 3 is 2.30 bits per heavy atom. The van der Waals surface area contributed by atoms with Crippen molar-refractivity contribution in [3.05, 3.63) is 54.6 Å². The zero-order valence-corrected chi connectivity index (χ0v) is 11.7. The molecule has 0 atom stereocenters. The molecule has 0 bridgehead atoms. The van der Waals surface area contributed by atoms with E-state index in [1.807, 2.05) is 6.07 Å². The molecule has 102 valence electrons. The van der Waals surface area contributed by atoms with Gasteiger partial charge in [0, 0.05) is 18.7 Å². The third-order valence-corrected chi connectivity index (χ3v) is 3.66. The van der Waals surface area contributed by atoms with E-state index < -0.39 is 0 Å². The Morgan fingerprint density at radius 2 is 1.50 bits per heavy atom. The first-order valence-electron chi connectivity index (χ1n) is 7.38. The van der Waals surface area contributed by atoms with Crippen molar-refractivity contribution >= 4 is 11.5 Å². The number of rotatable bonds is 2. The van der Waals surface area contributed by atoms with Gasteiger partial charge in [0.05, 0.1) is 0 Å². The lowest BCUT2D eigenvalue weighted by Crippen LogP contribution is -2.11. The van der Waals surface area contributed by atoms with E-state index in [4.69, 9.17) is 0 Å². The standard InChI is InChI=1S/C18H20N2/c1-3-7-15(8-4-1)16-10-12-17(13-11-16)20-18-9-5-2-6-14-19-18/h1,3-4,7-8,10-13H,2,5-6,9,14H2,(H,19,20). The average Bonchev–Trinajstić information content (AvgIpc) is 2.78. The fourth-order valence-electron chi connectivity index (χ4n) is 2.52. The van der Waals surface area contributed by atoms with Crippen LogP contribution in [-0.4, -0.2) is 12.4 Å². The maximum atomic E-state index is 4.60. The van der Waals surface area contributed by atoms with E-state index >= 15 is 0 Å². The Bertz CT molecular complexity index is 570. The van der Waals surface area contributed by atoms with Crippen LogP contribution in [0.4, 0.5) is 5.69 Å². The lowest BCUT2D eigenvalue weighted by molar-refractivity contribution is 0.731. The van der Waals surface area contributed by atoms with Gasteiger partial charge in [0.25, 0.3) is 0 Å². The molecular formula is C18H20N2. The van der Waals surface area contributed by atoms with Crippen LogP contribution in [0, 0.1) is 0 Å². The fraction of sp³-hybridized carbons (Fsp3) is 0.278. The molecule has 2 heteroatoms. The Balaban J connectivity index is 1.71. The van der Waals surface area contributed by atoms with Crippen molar-refractivity contribution in [1.82, 2.24) is 0 Å². The minimum atomic E-state index is 0.963. The molecule has 0 radical (unpaired) electrons. The average molecular weight is 264 g/mol. The van der Waals surface area contributed by atoms with Crippen molar-refractivity contribution in [2.24, 2.45) is 4.99 Å². The summed E-state index contributed by atoms with van der Waals surface area (Å²) >= 11 is 0. The summed E-state index contributed by atoms with van der Waals surface area (Å²) in [6.07, 6.45) is 4.83. The van der Waals surface area contributed by atoms with Gasteiger partial charge in [0.1, 0.15) is 5.84 Å². The normalized spacial score (nSPS) is 15.3. The van der Waals surface area contributed by atoms with E-state index in [1.165, 1.54) is 30.4 Å². The van der Waals surface area contributed by atoms with Crippen LogP contribution in [0.2, 0.25) is 0 Å². The Labute approximate surface area is 120 Å². The van der Waals surface area contributed by atoms with Crippen LogP contribution in [-0.2, 0) is 0 Å². The van der Waals surface area contributed by atoms with Gasteiger partial charge in [-0.3, -0.25) is 4.99 Å². The summed E-state index contributed by atoms with van der Waals surface area (Å²) in [7, 11) is 0. The van der Waals surface area contributed by atoms with Gasteiger partial charge in [0.15, 0.2) is 0 Å². The molecule has 0 aromatic heterocycles. The Hall–Kier alpha value is -2.09. The van der Waals surface area contributed by atoms with Crippen molar-refractivity contribution in [2.75, 3.05) is 11.9 Å². The minimum Gasteiger partial charge on any atom is -0.344 e. The van der Waals surface area contributed by atoms with E-state index in [0.29, 0.717) is 0 Å². The van der Waals surface area contributed by atoms with Crippen LogP contribution in [0.3, 0.4) is 0 Å². The second kappa shape index (κ2) is 6.38. The van der Waals surface area contributed by atoms with E-state index in [1.54, 1.807) is 0 Å². The lowest BCUT2D eigenvalue weighted by atomic mass is 10.1. The molecule has 0 unspecified atom stereocenters. The van der Waals surface area contributed by atoms with Crippen LogP contribution in [0.25, 0.3) is 11.1 Å². The maximum absolute atomic E-state index is 4.60. The number of nitrogens with one attached hydrogen (secondary N) is 1. The van der Waals surface area contributed by atoms with Gasteiger partial charge in [-0.25, -0.2) is 0 Å². The van der Waals surface area contributed by atoms with Gasteiger partial charge in [-0.05, 0) is 36.1 Å². The number of hydrogen-bond donors (Lipinski definition) is 1. The first-order valence-corrected chi connectivity index (χ1v) is 7.38. The number of amidine groups is 1. The first kappa shape index (κ1) is 12.9. The summed E-state index contributed by atoms with van der Waals surface area (Å²) in [5.74, 6) is 1.13. The molecule has 1 aliphatic rings. The number of benzene rings is 2. The molecule has 0 amide bonds. The van der Waals surface area contributed by atoms with Crippen molar-refractivity contribution in [3.8, 4) is 11.1 Å². The maximum Gasteiger partial charge on any atom is 0.101 e. The molecule has 1 heterocycles. The molecule has 0 aliphatic carbocycles. The summed E-state index contributed by atoms with van der Waals surface area (Å²) in [4.78, 5) is 4.60. The van der Waals surface area contributed by atoms with Crippen LogP contribution < -0.4 is 5.32 Å². The molecular weight excluding hydrogens is 244 g/mol. The molecule has 2 nitrogen and oxygen atoms in total. The molecule has 1 aliphatic heterocycles. The van der Waals surface area contributed by atoms with Crippen LogP contribution >= 0.6 is 0 Å². The third kappa shape index (κ3) is 3.27. The minimum absolute atomic E-state index is 0.963. The molecule has 2 aromatic rings. The summed E-state index contributed by atoms with van der Waals surface area (Å²) in [5.41, 5.74) is 3.63. The van der Waals surface area contributed by atoms with Gasteiger partial charge in [-0.2, -0.15) is 0 Å². The van der Waals surface area contributed by atoms with Gasteiger partial charge < -0.3 is 5.32 Å². The zero-order valence-electron chi connectivity index (χ0n) is 11.7.